The Morgan fingerprint density at radius 2 is 1.88 bits per heavy atom. The smallest absolute Gasteiger partial charge is 0.187 e. The predicted molar refractivity (Wildman–Crippen MR) is 98.0 cm³/mol. The van der Waals surface area contributed by atoms with Crippen molar-refractivity contribution in [1.29, 1.82) is 0 Å². The van der Waals surface area contributed by atoms with Crippen LogP contribution in [-0.2, 0) is 6.54 Å². The number of nitrogens with two attached hydrogens (primary N) is 1. The van der Waals surface area contributed by atoms with Crippen molar-refractivity contribution in [3.8, 4) is 0 Å². The summed E-state index contributed by atoms with van der Waals surface area (Å²) >= 11 is 1.71. The first kappa shape index (κ1) is 16.7. The lowest BCUT2D eigenvalue weighted by Crippen LogP contribution is -2.02. The Balaban J connectivity index is 1.51. The van der Waals surface area contributed by atoms with E-state index in [1.807, 2.05) is 19.3 Å². The molecule has 3 heterocycles. The van der Waals surface area contributed by atoms with Gasteiger partial charge in [0.2, 0.25) is 0 Å². The summed E-state index contributed by atoms with van der Waals surface area (Å²) in [6.07, 6.45) is 8.87. The molecule has 3 rings (SSSR count). The molecule has 3 aromatic rings. The summed E-state index contributed by atoms with van der Waals surface area (Å²) in [5.41, 5.74) is 10.1. The van der Waals surface area contributed by atoms with Gasteiger partial charge in [-0.2, -0.15) is 0 Å². The van der Waals surface area contributed by atoms with E-state index in [1.165, 1.54) is 0 Å². The highest BCUT2D eigenvalue weighted by Gasteiger charge is 2.12. The molecule has 0 saturated heterocycles. The van der Waals surface area contributed by atoms with Gasteiger partial charge in [-0.1, -0.05) is 18.2 Å². The van der Waals surface area contributed by atoms with Gasteiger partial charge in [-0.25, -0.2) is 19.9 Å². The molecular formula is C17H22N6S. The van der Waals surface area contributed by atoms with E-state index in [-0.39, 0.29) is 0 Å². The van der Waals surface area contributed by atoms with E-state index in [0.717, 1.165) is 59.0 Å². The van der Waals surface area contributed by atoms with Crippen molar-refractivity contribution >= 4 is 28.6 Å². The zero-order chi connectivity index (χ0) is 16.9. The number of aromatic nitrogens is 5. The van der Waals surface area contributed by atoms with Crippen molar-refractivity contribution in [2.24, 2.45) is 0 Å². The lowest BCUT2D eigenvalue weighted by molar-refractivity contribution is 0.614. The average Bonchev–Trinajstić information content (AvgIpc) is 3.01. The lowest BCUT2D eigenvalue weighted by atomic mass is 10.2. The molecule has 0 fully saturated rings. The van der Waals surface area contributed by atoms with Gasteiger partial charge in [-0.05, 0) is 38.3 Å². The molecule has 0 radical (unpaired) electrons. The van der Waals surface area contributed by atoms with E-state index in [9.17, 15) is 0 Å². The highest BCUT2D eigenvalue weighted by molar-refractivity contribution is 7.99. The quantitative estimate of drug-likeness (QED) is 0.403. The summed E-state index contributed by atoms with van der Waals surface area (Å²) in [6, 6.07) is 1.84. The van der Waals surface area contributed by atoms with E-state index in [4.69, 9.17) is 5.73 Å². The molecule has 0 aliphatic rings. The topological polar surface area (TPSA) is 82.5 Å². The zero-order valence-corrected chi connectivity index (χ0v) is 14.9. The zero-order valence-electron chi connectivity index (χ0n) is 14.1. The Kier molecular flexibility index (Phi) is 5.30. The summed E-state index contributed by atoms with van der Waals surface area (Å²) in [5, 5.41) is 0.854. The number of imidazole rings is 1. The van der Waals surface area contributed by atoms with Crippen molar-refractivity contribution in [2.75, 3.05) is 11.5 Å². The lowest BCUT2D eigenvalue weighted by Gasteiger charge is -2.09. The van der Waals surface area contributed by atoms with Gasteiger partial charge in [0.05, 0.1) is 11.8 Å². The van der Waals surface area contributed by atoms with Gasteiger partial charge in [0.1, 0.15) is 5.52 Å². The first-order chi connectivity index (χ1) is 11.7. The van der Waals surface area contributed by atoms with Crippen LogP contribution in [0.25, 0.3) is 11.0 Å². The minimum absolute atomic E-state index is 0.520. The average molecular weight is 342 g/mol. The van der Waals surface area contributed by atoms with E-state index < -0.39 is 0 Å². The first-order valence-electron chi connectivity index (χ1n) is 8.14. The first-order valence-corrected chi connectivity index (χ1v) is 9.12. The minimum atomic E-state index is 0.520. The van der Waals surface area contributed by atoms with Gasteiger partial charge in [-0.3, -0.25) is 0 Å². The molecular weight excluding hydrogens is 320 g/mol. The standard InChI is InChI=1S/C17H22N6S/c1-12-13(2)22-16(18)14-15(12)23(11-21-14)9-4-3-5-10-24-17-19-7-6-8-20-17/h6-8,11H,3-5,9-10H2,1-2H3,(H2,18,22). The van der Waals surface area contributed by atoms with Crippen LogP contribution in [0.5, 0.6) is 0 Å². The third kappa shape index (κ3) is 3.67. The largest absolute Gasteiger partial charge is 0.382 e. The number of aryl methyl sites for hydroxylation is 3. The number of nitrogens with zero attached hydrogens (tertiary/aromatic N) is 5. The van der Waals surface area contributed by atoms with Crippen LogP contribution in [0.4, 0.5) is 5.82 Å². The number of pyridine rings is 1. The Bertz CT molecular complexity index is 815. The molecule has 0 spiro atoms. The molecule has 126 valence electrons. The second kappa shape index (κ2) is 7.61. The van der Waals surface area contributed by atoms with E-state index in [1.54, 1.807) is 24.2 Å². The fourth-order valence-corrected chi connectivity index (χ4v) is 3.51. The molecule has 0 bridgehead atoms. The second-order valence-corrected chi connectivity index (χ2v) is 6.85. The van der Waals surface area contributed by atoms with Crippen LogP contribution < -0.4 is 5.73 Å². The Labute approximate surface area is 145 Å². The maximum atomic E-state index is 5.99. The molecule has 2 N–H and O–H groups in total. The summed E-state index contributed by atoms with van der Waals surface area (Å²) in [7, 11) is 0. The third-order valence-electron chi connectivity index (χ3n) is 4.08. The molecule has 0 aliphatic carbocycles. The van der Waals surface area contributed by atoms with Gasteiger partial charge in [0, 0.05) is 30.4 Å². The van der Waals surface area contributed by atoms with Crippen LogP contribution in [-0.4, -0.2) is 30.3 Å². The number of thioether (sulfide) groups is 1. The number of unbranched alkanes of at least 4 members (excludes halogenated alkanes) is 2. The number of hydrogen-bond donors (Lipinski definition) is 1. The van der Waals surface area contributed by atoms with Crippen LogP contribution in [0.15, 0.2) is 29.9 Å². The number of anilines is 1. The van der Waals surface area contributed by atoms with E-state index in [0.29, 0.717) is 5.82 Å². The number of hydrogen-bond acceptors (Lipinski definition) is 6. The minimum Gasteiger partial charge on any atom is -0.382 e. The Morgan fingerprint density at radius 1 is 1.08 bits per heavy atom. The van der Waals surface area contributed by atoms with Gasteiger partial charge >= 0.3 is 0 Å². The van der Waals surface area contributed by atoms with E-state index in [2.05, 4.69) is 31.4 Å². The van der Waals surface area contributed by atoms with Gasteiger partial charge in [-0.15, -0.1) is 0 Å². The monoisotopic (exact) mass is 342 g/mol. The highest BCUT2D eigenvalue weighted by Crippen LogP contribution is 2.24. The van der Waals surface area contributed by atoms with Crippen molar-refractivity contribution in [3.05, 3.63) is 36.0 Å². The fourth-order valence-electron chi connectivity index (χ4n) is 2.71. The van der Waals surface area contributed by atoms with E-state index >= 15 is 0 Å². The van der Waals surface area contributed by atoms with Crippen LogP contribution in [0.1, 0.15) is 30.5 Å². The second-order valence-electron chi connectivity index (χ2n) is 5.78. The molecule has 3 aromatic heterocycles. The summed E-state index contributed by atoms with van der Waals surface area (Å²) in [5.74, 6) is 1.56. The third-order valence-corrected chi connectivity index (χ3v) is 5.04. The molecule has 0 aliphatic heterocycles. The summed E-state index contributed by atoms with van der Waals surface area (Å²) in [4.78, 5) is 17.2. The number of fused-ring (bicyclic) bond motifs is 1. The van der Waals surface area contributed by atoms with Crippen LogP contribution >= 0.6 is 11.8 Å². The maximum Gasteiger partial charge on any atom is 0.187 e. The molecule has 0 amide bonds. The summed E-state index contributed by atoms with van der Waals surface area (Å²) < 4.78 is 2.20. The molecule has 0 atom stereocenters. The molecule has 0 saturated carbocycles. The highest BCUT2D eigenvalue weighted by atomic mass is 32.2. The van der Waals surface area contributed by atoms with Crippen LogP contribution in [0.2, 0.25) is 0 Å². The van der Waals surface area contributed by atoms with Crippen molar-refractivity contribution in [2.45, 2.75) is 44.8 Å². The molecule has 6 nitrogen and oxygen atoms in total. The van der Waals surface area contributed by atoms with Crippen molar-refractivity contribution in [1.82, 2.24) is 24.5 Å². The molecule has 7 heteroatoms. The van der Waals surface area contributed by atoms with Crippen molar-refractivity contribution < 1.29 is 0 Å². The summed E-state index contributed by atoms with van der Waals surface area (Å²) in [6.45, 7) is 5.02. The Hall–Kier alpha value is -2.15. The molecule has 24 heavy (non-hydrogen) atoms. The molecule has 0 aromatic carbocycles. The predicted octanol–water partition coefficient (Wildman–Crippen LogP) is 3.38. The normalized spacial score (nSPS) is 11.2. The Morgan fingerprint density at radius 3 is 2.67 bits per heavy atom. The maximum absolute atomic E-state index is 5.99. The number of rotatable bonds is 7. The fraction of sp³-hybridized carbons (Fsp3) is 0.412. The van der Waals surface area contributed by atoms with Crippen LogP contribution in [0, 0.1) is 13.8 Å². The van der Waals surface area contributed by atoms with Gasteiger partial charge in [0.25, 0.3) is 0 Å². The molecule has 0 unspecified atom stereocenters. The number of nitrogen functional groups attached to an aromatic ring is 1. The van der Waals surface area contributed by atoms with Crippen molar-refractivity contribution in [3.63, 3.8) is 0 Å². The van der Waals surface area contributed by atoms with Gasteiger partial charge in [0.15, 0.2) is 11.0 Å². The van der Waals surface area contributed by atoms with Crippen LogP contribution in [0.3, 0.4) is 0 Å². The van der Waals surface area contributed by atoms with Gasteiger partial charge < -0.3 is 10.3 Å². The SMILES string of the molecule is Cc1nc(N)c2ncn(CCCCCSc3ncccn3)c2c1C.